The molecule has 2 aromatic rings. The first-order valence-corrected chi connectivity index (χ1v) is 7.33. The number of benzene rings is 1. The highest BCUT2D eigenvalue weighted by Crippen LogP contribution is 2.37. The van der Waals surface area contributed by atoms with Crippen molar-refractivity contribution in [1.29, 1.82) is 0 Å². The lowest BCUT2D eigenvalue weighted by atomic mass is 10.2. The molecule has 104 valence electrons. The molecule has 3 rings (SSSR count). The minimum Gasteiger partial charge on any atom is -0.436 e. The Morgan fingerprint density at radius 3 is 2.95 bits per heavy atom. The summed E-state index contributed by atoms with van der Waals surface area (Å²) in [7, 11) is 0. The molecule has 5 nitrogen and oxygen atoms in total. The summed E-state index contributed by atoms with van der Waals surface area (Å²) >= 11 is 1.73. The predicted octanol–water partition coefficient (Wildman–Crippen LogP) is 2.63. The van der Waals surface area contributed by atoms with Gasteiger partial charge in [0.25, 0.3) is 5.91 Å². The van der Waals surface area contributed by atoms with Gasteiger partial charge in [0.05, 0.1) is 11.4 Å². The van der Waals surface area contributed by atoms with E-state index in [1.165, 1.54) is 0 Å². The molecular formula is C14H15N3O2S. The van der Waals surface area contributed by atoms with Crippen LogP contribution in [0.4, 0.5) is 11.4 Å². The van der Waals surface area contributed by atoms with Crippen LogP contribution in [-0.4, -0.2) is 23.2 Å². The van der Waals surface area contributed by atoms with E-state index in [2.05, 4.69) is 4.98 Å². The quantitative estimate of drug-likeness (QED) is 0.817. The third-order valence-corrected chi connectivity index (χ3v) is 4.23. The topological polar surface area (TPSA) is 72.4 Å². The summed E-state index contributed by atoms with van der Waals surface area (Å²) in [6.07, 6.45) is 0. The van der Waals surface area contributed by atoms with Gasteiger partial charge in [0, 0.05) is 29.8 Å². The number of rotatable bonds is 1. The number of nitrogens with zero attached hydrogens (tertiary/aromatic N) is 2. The number of fused-ring (bicyclic) bond motifs is 1. The van der Waals surface area contributed by atoms with E-state index in [1.54, 1.807) is 30.5 Å². The molecule has 0 saturated heterocycles. The zero-order chi connectivity index (χ0) is 14.3. The lowest BCUT2D eigenvalue weighted by Gasteiger charge is -2.28. The van der Waals surface area contributed by atoms with Gasteiger partial charge >= 0.3 is 0 Å². The van der Waals surface area contributed by atoms with E-state index in [4.69, 9.17) is 10.2 Å². The van der Waals surface area contributed by atoms with Gasteiger partial charge in [0.15, 0.2) is 5.89 Å². The smallest absolute Gasteiger partial charge is 0.296 e. The van der Waals surface area contributed by atoms with Gasteiger partial charge in [-0.25, -0.2) is 4.98 Å². The van der Waals surface area contributed by atoms with Gasteiger partial charge in [-0.05, 0) is 25.1 Å². The lowest BCUT2D eigenvalue weighted by Crippen LogP contribution is -2.35. The Balaban J connectivity index is 2.02. The summed E-state index contributed by atoms with van der Waals surface area (Å²) in [5.41, 5.74) is 7.95. The van der Waals surface area contributed by atoms with Crippen LogP contribution in [0.25, 0.3) is 0 Å². The predicted molar refractivity (Wildman–Crippen MR) is 79.2 cm³/mol. The number of hydrogen-bond donors (Lipinski definition) is 1. The molecule has 0 atom stereocenters. The van der Waals surface area contributed by atoms with Crippen LogP contribution in [0.2, 0.25) is 0 Å². The van der Waals surface area contributed by atoms with Gasteiger partial charge in [0.2, 0.25) is 5.76 Å². The second-order valence-corrected chi connectivity index (χ2v) is 5.82. The SMILES string of the molecule is Cc1nc(C)c(C(=O)N2CCSc3ccc(N)cc32)o1. The van der Waals surface area contributed by atoms with Crippen molar-refractivity contribution in [3.05, 3.63) is 35.5 Å². The van der Waals surface area contributed by atoms with Crippen LogP contribution in [0.1, 0.15) is 22.1 Å². The molecule has 1 aliphatic heterocycles. The number of nitrogen functional groups attached to an aromatic ring is 1. The molecule has 2 N–H and O–H groups in total. The van der Waals surface area contributed by atoms with Crippen LogP contribution >= 0.6 is 11.8 Å². The second-order valence-electron chi connectivity index (χ2n) is 4.68. The molecule has 2 heterocycles. The van der Waals surface area contributed by atoms with Crippen molar-refractivity contribution in [3.8, 4) is 0 Å². The molecule has 1 aromatic heterocycles. The molecule has 20 heavy (non-hydrogen) atoms. The molecule has 0 saturated carbocycles. The minimum absolute atomic E-state index is 0.157. The number of oxazole rings is 1. The Labute approximate surface area is 121 Å². The molecule has 1 aromatic carbocycles. The molecule has 1 amide bonds. The van der Waals surface area contributed by atoms with Crippen molar-refractivity contribution in [1.82, 2.24) is 4.98 Å². The van der Waals surface area contributed by atoms with Gasteiger partial charge in [-0.1, -0.05) is 0 Å². The van der Waals surface area contributed by atoms with Crippen LogP contribution in [0.3, 0.4) is 0 Å². The zero-order valence-corrected chi connectivity index (χ0v) is 12.2. The average molecular weight is 289 g/mol. The van der Waals surface area contributed by atoms with Crippen molar-refractivity contribution in [2.45, 2.75) is 18.7 Å². The fraction of sp³-hybridized carbons (Fsp3) is 0.286. The Morgan fingerprint density at radius 2 is 2.25 bits per heavy atom. The highest BCUT2D eigenvalue weighted by Gasteiger charge is 2.28. The monoisotopic (exact) mass is 289 g/mol. The zero-order valence-electron chi connectivity index (χ0n) is 11.3. The number of anilines is 2. The lowest BCUT2D eigenvalue weighted by molar-refractivity contribution is 0.0959. The maximum Gasteiger partial charge on any atom is 0.296 e. The summed E-state index contributed by atoms with van der Waals surface area (Å²) in [5.74, 6) is 1.51. The number of carbonyl (C=O) groups is 1. The summed E-state index contributed by atoms with van der Waals surface area (Å²) in [6, 6.07) is 5.63. The van der Waals surface area contributed by atoms with Crippen LogP contribution in [0, 0.1) is 13.8 Å². The summed E-state index contributed by atoms with van der Waals surface area (Å²) in [6.45, 7) is 4.16. The summed E-state index contributed by atoms with van der Waals surface area (Å²) in [5, 5.41) is 0. The third kappa shape index (κ3) is 2.16. The maximum absolute atomic E-state index is 12.7. The fourth-order valence-electron chi connectivity index (χ4n) is 2.30. The number of nitrogens with two attached hydrogens (primary N) is 1. The highest BCUT2D eigenvalue weighted by atomic mass is 32.2. The van der Waals surface area contributed by atoms with Gasteiger partial charge in [-0.2, -0.15) is 0 Å². The number of carbonyl (C=O) groups excluding carboxylic acids is 1. The van der Waals surface area contributed by atoms with E-state index in [-0.39, 0.29) is 5.91 Å². The van der Waals surface area contributed by atoms with Crippen LogP contribution in [0.15, 0.2) is 27.5 Å². The number of aryl methyl sites for hydroxylation is 2. The molecule has 0 aliphatic carbocycles. The Hall–Kier alpha value is -1.95. The molecule has 0 fully saturated rings. The molecule has 0 unspecified atom stereocenters. The van der Waals surface area contributed by atoms with E-state index in [0.717, 1.165) is 16.3 Å². The highest BCUT2D eigenvalue weighted by molar-refractivity contribution is 7.99. The van der Waals surface area contributed by atoms with Crippen molar-refractivity contribution < 1.29 is 9.21 Å². The first-order chi connectivity index (χ1) is 9.56. The van der Waals surface area contributed by atoms with Crippen molar-refractivity contribution in [3.63, 3.8) is 0 Å². The van der Waals surface area contributed by atoms with Crippen molar-refractivity contribution in [2.75, 3.05) is 22.9 Å². The number of hydrogen-bond acceptors (Lipinski definition) is 5. The van der Waals surface area contributed by atoms with Gasteiger partial charge in [-0.3, -0.25) is 4.79 Å². The average Bonchev–Trinajstić information content (AvgIpc) is 2.76. The number of thioether (sulfide) groups is 1. The fourth-order valence-corrected chi connectivity index (χ4v) is 3.27. The first-order valence-electron chi connectivity index (χ1n) is 6.34. The maximum atomic E-state index is 12.7. The van der Waals surface area contributed by atoms with E-state index in [9.17, 15) is 4.79 Å². The summed E-state index contributed by atoms with van der Waals surface area (Å²) in [4.78, 5) is 19.6. The van der Waals surface area contributed by atoms with Gasteiger partial charge < -0.3 is 15.1 Å². The largest absolute Gasteiger partial charge is 0.436 e. The second kappa shape index (κ2) is 4.86. The normalized spacial score (nSPS) is 14.2. The Morgan fingerprint density at radius 1 is 1.45 bits per heavy atom. The Bertz CT molecular complexity index is 681. The first kappa shape index (κ1) is 13.1. The molecule has 6 heteroatoms. The van der Waals surface area contributed by atoms with E-state index in [1.807, 2.05) is 18.2 Å². The van der Waals surface area contributed by atoms with E-state index >= 15 is 0 Å². The minimum atomic E-state index is -0.157. The molecule has 0 radical (unpaired) electrons. The molecule has 0 spiro atoms. The standard InChI is InChI=1S/C14H15N3O2S/c1-8-13(19-9(2)16-8)14(18)17-5-6-20-12-4-3-10(15)7-11(12)17/h3-4,7H,5-6,15H2,1-2H3. The van der Waals surface area contributed by atoms with Crippen molar-refractivity contribution in [2.24, 2.45) is 0 Å². The van der Waals surface area contributed by atoms with Crippen LogP contribution < -0.4 is 10.6 Å². The number of aromatic nitrogens is 1. The summed E-state index contributed by atoms with van der Waals surface area (Å²) < 4.78 is 5.43. The van der Waals surface area contributed by atoms with E-state index in [0.29, 0.717) is 29.6 Å². The molecule has 0 bridgehead atoms. The number of amides is 1. The van der Waals surface area contributed by atoms with Crippen molar-refractivity contribution >= 4 is 29.0 Å². The van der Waals surface area contributed by atoms with Crippen LogP contribution in [0.5, 0.6) is 0 Å². The molecule has 1 aliphatic rings. The third-order valence-electron chi connectivity index (χ3n) is 3.19. The molecular weight excluding hydrogens is 274 g/mol. The van der Waals surface area contributed by atoms with Gasteiger partial charge in [-0.15, -0.1) is 11.8 Å². The van der Waals surface area contributed by atoms with Crippen LogP contribution in [-0.2, 0) is 0 Å². The Kier molecular flexibility index (Phi) is 3.17. The van der Waals surface area contributed by atoms with E-state index < -0.39 is 0 Å². The van der Waals surface area contributed by atoms with Gasteiger partial charge in [0.1, 0.15) is 0 Å².